The third-order valence-corrected chi connectivity index (χ3v) is 7.82. The maximum absolute atomic E-state index is 13.7. The molecule has 13 heteroatoms. The molecule has 0 bridgehead atoms. The number of nitrogens with one attached hydrogen (secondary N) is 2. The van der Waals surface area contributed by atoms with Crippen molar-refractivity contribution in [1.29, 1.82) is 0 Å². The van der Waals surface area contributed by atoms with Crippen LogP contribution in [-0.2, 0) is 6.54 Å². The molecule has 2 N–H and O–H groups in total. The Balaban J connectivity index is 1.36. The Labute approximate surface area is 236 Å². The molecule has 0 unspecified atom stereocenters. The quantitative estimate of drug-likeness (QED) is 0.274. The van der Waals surface area contributed by atoms with Crippen molar-refractivity contribution in [2.24, 2.45) is 0 Å². The Morgan fingerprint density at radius 3 is 2.56 bits per heavy atom. The van der Waals surface area contributed by atoms with Gasteiger partial charge in [-0.2, -0.15) is 18.2 Å². The number of anilines is 2. The van der Waals surface area contributed by atoms with E-state index in [0.717, 1.165) is 25.9 Å². The summed E-state index contributed by atoms with van der Waals surface area (Å²) in [6, 6.07) is 11.1. The molecule has 1 fully saturated rings. The standard InChI is InChI=1S/C28H25F3N8OS/c1-16-10-20(25-38-35-15-41-25)13-33-23(16)22-11-19-12-34-27(37-24(19)39(26(22)40)14-28(29,30)31)36-21-4-2-17(3-5-21)18-6-8-32-9-7-18/h2-5,10-13,15,18,32H,6-9,14H2,1H3,(H,34,36,37). The molecule has 41 heavy (non-hydrogen) atoms. The number of fused-ring (bicyclic) bond motifs is 1. The van der Waals surface area contributed by atoms with Crippen LogP contribution < -0.4 is 16.2 Å². The Kier molecular flexibility index (Phi) is 7.22. The van der Waals surface area contributed by atoms with E-state index in [0.29, 0.717) is 32.3 Å². The lowest BCUT2D eigenvalue weighted by Crippen LogP contribution is -2.30. The predicted octanol–water partition coefficient (Wildman–Crippen LogP) is 5.45. The molecule has 5 aromatic rings. The fraction of sp³-hybridized carbons (Fsp3) is 0.286. The molecule has 0 spiro atoms. The van der Waals surface area contributed by atoms with Gasteiger partial charge in [-0.15, -0.1) is 10.2 Å². The van der Waals surface area contributed by atoms with Gasteiger partial charge in [-0.1, -0.05) is 23.5 Å². The lowest BCUT2D eigenvalue weighted by Gasteiger charge is -2.23. The largest absolute Gasteiger partial charge is 0.406 e. The second-order valence-electron chi connectivity index (χ2n) is 9.94. The number of alkyl halides is 3. The number of pyridine rings is 2. The molecule has 1 aliphatic heterocycles. The zero-order valence-corrected chi connectivity index (χ0v) is 22.8. The number of piperidine rings is 1. The summed E-state index contributed by atoms with van der Waals surface area (Å²) >= 11 is 1.33. The van der Waals surface area contributed by atoms with Gasteiger partial charge in [-0.3, -0.25) is 14.3 Å². The summed E-state index contributed by atoms with van der Waals surface area (Å²) in [7, 11) is 0. The normalized spacial score (nSPS) is 14.4. The van der Waals surface area contributed by atoms with Gasteiger partial charge < -0.3 is 10.6 Å². The van der Waals surface area contributed by atoms with Crippen molar-refractivity contribution in [3.05, 3.63) is 75.8 Å². The van der Waals surface area contributed by atoms with Crippen LogP contribution >= 0.6 is 11.3 Å². The predicted molar refractivity (Wildman–Crippen MR) is 151 cm³/mol. The molecule has 0 aliphatic carbocycles. The first-order chi connectivity index (χ1) is 19.7. The van der Waals surface area contributed by atoms with Crippen molar-refractivity contribution in [1.82, 2.24) is 35.0 Å². The van der Waals surface area contributed by atoms with Crippen molar-refractivity contribution in [3.63, 3.8) is 0 Å². The number of hydrogen-bond acceptors (Lipinski definition) is 9. The van der Waals surface area contributed by atoms with Crippen molar-refractivity contribution in [2.75, 3.05) is 18.4 Å². The van der Waals surface area contributed by atoms with E-state index in [9.17, 15) is 18.0 Å². The number of aromatic nitrogens is 6. The molecular formula is C28H25F3N8OS. The third-order valence-electron chi connectivity index (χ3n) is 7.08. The average molecular weight is 579 g/mol. The van der Waals surface area contributed by atoms with Crippen LogP contribution in [0.2, 0.25) is 0 Å². The van der Waals surface area contributed by atoms with Gasteiger partial charge in [0.2, 0.25) is 5.95 Å². The van der Waals surface area contributed by atoms with Gasteiger partial charge in [-0.25, -0.2) is 4.98 Å². The highest BCUT2D eigenvalue weighted by Gasteiger charge is 2.31. The molecule has 9 nitrogen and oxygen atoms in total. The number of benzene rings is 1. The minimum Gasteiger partial charge on any atom is -0.324 e. The fourth-order valence-electron chi connectivity index (χ4n) is 5.11. The first-order valence-electron chi connectivity index (χ1n) is 13.0. The highest BCUT2D eigenvalue weighted by atomic mass is 32.1. The minimum absolute atomic E-state index is 0.0286. The van der Waals surface area contributed by atoms with E-state index in [1.165, 1.54) is 35.4 Å². The SMILES string of the molecule is Cc1cc(-c2nncs2)cnc1-c1cc2cnc(Nc3ccc(C4CCNCC4)cc3)nc2n(CC(F)(F)F)c1=O. The number of halogens is 3. The molecule has 5 heterocycles. The monoisotopic (exact) mass is 578 g/mol. The molecule has 0 saturated carbocycles. The van der Waals surface area contributed by atoms with Gasteiger partial charge in [0.15, 0.2) is 0 Å². The van der Waals surface area contributed by atoms with Gasteiger partial charge in [-0.05, 0) is 74.2 Å². The van der Waals surface area contributed by atoms with Crippen LogP contribution in [0.3, 0.4) is 0 Å². The molecule has 0 radical (unpaired) electrons. The lowest BCUT2D eigenvalue weighted by molar-refractivity contribution is -0.140. The molecule has 6 rings (SSSR count). The maximum Gasteiger partial charge on any atom is 0.406 e. The van der Waals surface area contributed by atoms with E-state index < -0.39 is 18.3 Å². The summed E-state index contributed by atoms with van der Waals surface area (Å²) in [5.74, 6) is 0.581. The Morgan fingerprint density at radius 1 is 1.10 bits per heavy atom. The number of rotatable bonds is 6. The van der Waals surface area contributed by atoms with E-state index in [1.807, 2.05) is 24.3 Å². The Bertz CT molecular complexity index is 1750. The van der Waals surface area contributed by atoms with E-state index in [4.69, 9.17) is 0 Å². The van der Waals surface area contributed by atoms with E-state index in [1.54, 1.807) is 18.5 Å². The highest BCUT2D eigenvalue weighted by Crippen LogP contribution is 2.29. The van der Waals surface area contributed by atoms with Crippen LogP contribution in [0.1, 0.15) is 29.9 Å². The van der Waals surface area contributed by atoms with Crippen LogP contribution in [0.25, 0.3) is 32.9 Å². The number of hydrogen-bond donors (Lipinski definition) is 2. The first kappa shape index (κ1) is 27.0. The van der Waals surface area contributed by atoms with Crippen LogP contribution in [0.5, 0.6) is 0 Å². The van der Waals surface area contributed by atoms with Gasteiger partial charge in [0.25, 0.3) is 5.56 Å². The van der Waals surface area contributed by atoms with Crippen LogP contribution in [0.4, 0.5) is 24.8 Å². The minimum atomic E-state index is -4.65. The Morgan fingerprint density at radius 2 is 1.88 bits per heavy atom. The molecule has 1 saturated heterocycles. The maximum atomic E-state index is 13.7. The molecule has 4 aromatic heterocycles. The number of aryl methyl sites for hydroxylation is 1. The summed E-state index contributed by atoms with van der Waals surface area (Å²) in [4.78, 5) is 26.6. The summed E-state index contributed by atoms with van der Waals surface area (Å²) in [6.07, 6.45) is 0.432. The van der Waals surface area contributed by atoms with E-state index in [-0.39, 0.29) is 28.2 Å². The zero-order chi connectivity index (χ0) is 28.6. The van der Waals surface area contributed by atoms with Gasteiger partial charge >= 0.3 is 6.18 Å². The summed E-state index contributed by atoms with van der Waals surface area (Å²) in [5, 5.41) is 15.2. The molecular weight excluding hydrogens is 553 g/mol. The molecule has 210 valence electrons. The molecule has 0 amide bonds. The second-order valence-corrected chi connectivity index (χ2v) is 10.8. The second kappa shape index (κ2) is 11.0. The van der Waals surface area contributed by atoms with Gasteiger partial charge in [0.05, 0.1) is 11.3 Å². The zero-order valence-electron chi connectivity index (χ0n) is 21.9. The third kappa shape index (κ3) is 5.81. The lowest BCUT2D eigenvalue weighted by atomic mass is 9.90. The van der Waals surface area contributed by atoms with Gasteiger partial charge in [0, 0.05) is 29.0 Å². The smallest absolute Gasteiger partial charge is 0.324 e. The molecule has 0 atom stereocenters. The van der Waals surface area contributed by atoms with Gasteiger partial charge in [0.1, 0.15) is 22.7 Å². The van der Waals surface area contributed by atoms with Crippen molar-refractivity contribution in [2.45, 2.75) is 38.4 Å². The van der Waals surface area contributed by atoms with Crippen molar-refractivity contribution >= 4 is 34.0 Å². The Hall–Kier alpha value is -4.23. The topological polar surface area (TPSA) is 111 Å². The van der Waals surface area contributed by atoms with E-state index in [2.05, 4.69) is 35.8 Å². The van der Waals surface area contributed by atoms with Crippen LogP contribution in [0.15, 0.2) is 59.1 Å². The number of nitrogens with zero attached hydrogens (tertiary/aromatic N) is 6. The summed E-state index contributed by atoms with van der Waals surface area (Å²) < 4.78 is 41.6. The summed E-state index contributed by atoms with van der Waals surface area (Å²) in [6.45, 7) is 2.22. The molecule has 1 aromatic carbocycles. The molecule has 1 aliphatic rings. The fourth-order valence-corrected chi connectivity index (χ4v) is 5.65. The van der Waals surface area contributed by atoms with Crippen LogP contribution in [0, 0.1) is 6.92 Å². The first-order valence-corrected chi connectivity index (χ1v) is 13.9. The van der Waals surface area contributed by atoms with Crippen LogP contribution in [-0.4, -0.2) is 49.0 Å². The van der Waals surface area contributed by atoms with Crippen molar-refractivity contribution in [3.8, 4) is 21.8 Å². The van der Waals surface area contributed by atoms with Crippen molar-refractivity contribution < 1.29 is 13.2 Å². The van der Waals surface area contributed by atoms with E-state index >= 15 is 0 Å². The highest BCUT2D eigenvalue weighted by molar-refractivity contribution is 7.12. The summed E-state index contributed by atoms with van der Waals surface area (Å²) in [5.41, 5.74) is 4.17. The average Bonchev–Trinajstić information content (AvgIpc) is 3.50.